The quantitative estimate of drug-likeness (QED) is 0.284. The van der Waals surface area contributed by atoms with Crippen LogP contribution >= 0.6 is 0 Å². The van der Waals surface area contributed by atoms with Crippen LogP contribution in [-0.2, 0) is 22.8 Å². The number of esters is 1. The SMILES string of the molecule is CN1CCN(Cc2cccc(C(=O)Oc3ccc(S(=O)(=O)CCN4CC[C@H](Cc5ccccc5)[C@H](O)C4)cc3)c2)CC1. The van der Waals surface area contributed by atoms with E-state index in [9.17, 15) is 18.3 Å². The first-order valence-corrected chi connectivity index (χ1v) is 16.4. The Labute approximate surface area is 249 Å². The number of aliphatic hydroxyl groups excluding tert-OH is 1. The van der Waals surface area contributed by atoms with Gasteiger partial charge in [0.2, 0.25) is 0 Å². The highest BCUT2D eigenvalue weighted by molar-refractivity contribution is 7.91. The summed E-state index contributed by atoms with van der Waals surface area (Å²) in [6.07, 6.45) is 1.17. The molecule has 2 fully saturated rings. The predicted octanol–water partition coefficient (Wildman–Crippen LogP) is 3.35. The Morgan fingerprint density at radius 3 is 2.31 bits per heavy atom. The third kappa shape index (κ3) is 8.26. The second kappa shape index (κ2) is 13.9. The van der Waals surface area contributed by atoms with E-state index in [1.54, 1.807) is 6.07 Å². The van der Waals surface area contributed by atoms with Gasteiger partial charge in [-0.05, 0) is 79.9 Å². The van der Waals surface area contributed by atoms with Crippen LogP contribution in [0.25, 0.3) is 0 Å². The van der Waals surface area contributed by atoms with E-state index in [1.807, 2.05) is 41.3 Å². The number of ether oxygens (including phenoxy) is 1. The van der Waals surface area contributed by atoms with Gasteiger partial charge in [0.1, 0.15) is 5.75 Å². The highest BCUT2D eigenvalue weighted by atomic mass is 32.2. The summed E-state index contributed by atoms with van der Waals surface area (Å²) in [4.78, 5) is 19.7. The lowest BCUT2D eigenvalue weighted by Gasteiger charge is -2.36. The third-order valence-corrected chi connectivity index (χ3v) is 10.1. The minimum Gasteiger partial charge on any atom is -0.423 e. The van der Waals surface area contributed by atoms with E-state index in [1.165, 1.54) is 29.8 Å². The summed E-state index contributed by atoms with van der Waals surface area (Å²) in [7, 11) is -1.41. The van der Waals surface area contributed by atoms with Gasteiger partial charge in [0.25, 0.3) is 0 Å². The molecular formula is C33H41N3O5S. The predicted molar refractivity (Wildman–Crippen MR) is 163 cm³/mol. The van der Waals surface area contributed by atoms with Crippen molar-refractivity contribution in [2.24, 2.45) is 5.92 Å². The van der Waals surface area contributed by atoms with Crippen molar-refractivity contribution < 1.29 is 23.1 Å². The summed E-state index contributed by atoms with van der Waals surface area (Å²) in [5, 5.41) is 10.7. The molecule has 0 aliphatic carbocycles. The minimum atomic E-state index is -3.53. The van der Waals surface area contributed by atoms with Crippen molar-refractivity contribution in [3.8, 4) is 5.75 Å². The van der Waals surface area contributed by atoms with Crippen LogP contribution < -0.4 is 4.74 Å². The van der Waals surface area contributed by atoms with Crippen LogP contribution in [0.4, 0.5) is 0 Å². The van der Waals surface area contributed by atoms with E-state index in [0.29, 0.717) is 24.4 Å². The monoisotopic (exact) mass is 591 g/mol. The molecule has 2 aliphatic heterocycles. The van der Waals surface area contributed by atoms with Crippen molar-refractivity contribution in [1.82, 2.24) is 14.7 Å². The van der Waals surface area contributed by atoms with Gasteiger partial charge in [0.15, 0.2) is 9.84 Å². The molecule has 8 nitrogen and oxygen atoms in total. The van der Waals surface area contributed by atoms with E-state index in [2.05, 4.69) is 29.0 Å². The molecule has 0 unspecified atom stereocenters. The van der Waals surface area contributed by atoms with Gasteiger partial charge in [-0.3, -0.25) is 9.80 Å². The number of piperidine rings is 1. The fourth-order valence-electron chi connectivity index (χ4n) is 5.71. The summed E-state index contributed by atoms with van der Waals surface area (Å²) in [6.45, 7) is 6.43. The highest BCUT2D eigenvalue weighted by Crippen LogP contribution is 2.23. The van der Waals surface area contributed by atoms with Gasteiger partial charge in [-0.25, -0.2) is 13.2 Å². The maximum absolute atomic E-state index is 13.0. The zero-order valence-electron chi connectivity index (χ0n) is 24.3. The number of likely N-dealkylation sites (tertiary alicyclic amines) is 1. The fraction of sp³-hybridized carbons (Fsp3) is 0.424. The Balaban J connectivity index is 1.10. The average Bonchev–Trinajstić information content (AvgIpc) is 2.99. The highest BCUT2D eigenvalue weighted by Gasteiger charge is 2.28. The normalized spacial score (nSPS) is 20.8. The fourth-order valence-corrected chi connectivity index (χ4v) is 7.00. The third-order valence-electron chi connectivity index (χ3n) is 8.38. The summed E-state index contributed by atoms with van der Waals surface area (Å²) in [5.74, 6) is -0.0375. The van der Waals surface area contributed by atoms with Gasteiger partial charge < -0.3 is 14.7 Å². The smallest absolute Gasteiger partial charge is 0.343 e. The zero-order valence-corrected chi connectivity index (χ0v) is 25.1. The van der Waals surface area contributed by atoms with Crippen LogP contribution in [0, 0.1) is 5.92 Å². The van der Waals surface area contributed by atoms with Crippen molar-refractivity contribution in [3.63, 3.8) is 0 Å². The Bertz CT molecular complexity index is 1420. The molecule has 5 rings (SSSR count). The van der Waals surface area contributed by atoms with Crippen molar-refractivity contribution >= 4 is 15.8 Å². The summed E-state index contributed by atoms with van der Waals surface area (Å²) in [5.41, 5.74) is 2.73. The van der Waals surface area contributed by atoms with Crippen LogP contribution in [0.2, 0.25) is 0 Å². The molecule has 3 aromatic rings. The van der Waals surface area contributed by atoms with Gasteiger partial charge in [0, 0.05) is 45.8 Å². The Hall–Kier alpha value is -3.08. The summed E-state index contributed by atoms with van der Waals surface area (Å²) < 4.78 is 31.6. The van der Waals surface area contributed by atoms with Crippen molar-refractivity contribution in [2.45, 2.75) is 30.4 Å². The molecule has 0 amide bonds. The number of hydrogen-bond acceptors (Lipinski definition) is 8. The molecule has 0 saturated carbocycles. The Kier molecular flexibility index (Phi) is 10.1. The van der Waals surface area contributed by atoms with Crippen LogP contribution in [-0.4, -0.2) is 98.9 Å². The molecule has 42 heavy (non-hydrogen) atoms. The second-order valence-electron chi connectivity index (χ2n) is 11.6. The number of rotatable bonds is 10. The Morgan fingerprint density at radius 2 is 1.60 bits per heavy atom. The van der Waals surface area contributed by atoms with Gasteiger partial charge in [-0.2, -0.15) is 0 Å². The molecule has 2 atom stereocenters. The molecule has 0 bridgehead atoms. The minimum absolute atomic E-state index is 0.0394. The number of nitrogens with zero attached hydrogens (tertiary/aromatic N) is 3. The first-order chi connectivity index (χ1) is 20.2. The number of hydrogen-bond donors (Lipinski definition) is 1. The van der Waals surface area contributed by atoms with Gasteiger partial charge in [-0.15, -0.1) is 0 Å². The molecule has 0 spiro atoms. The lowest BCUT2D eigenvalue weighted by atomic mass is 9.88. The van der Waals surface area contributed by atoms with Crippen LogP contribution in [0.1, 0.15) is 27.9 Å². The maximum atomic E-state index is 13.0. The number of likely N-dealkylation sites (N-methyl/N-ethyl adjacent to an activating group) is 1. The number of carbonyl (C=O) groups excluding carboxylic acids is 1. The molecule has 2 aliphatic rings. The molecule has 9 heteroatoms. The largest absolute Gasteiger partial charge is 0.423 e. The topological polar surface area (TPSA) is 90.4 Å². The van der Waals surface area contributed by atoms with Crippen LogP contribution in [0.3, 0.4) is 0 Å². The van der Waals surface area contributed by atoms with E-state index in [0.717, 1.165) is 57.7 Å². The van der Waals surface area contributed by atoms with Crippen molar-refractivity contribution in [3.05, 3.63) is 95.6 Å². The first kappa shape index (κ1) is 30.4. The molecular weight excluding hydrogens is 550 g/mol. The van der Waals surface area contributed by atoms with Gasteiger partial charge in [-0.1, -0.05) is 42.5 Å². The van der Waals surface area contributed by atoms with Gasteiger partial charge >= 0.3 is 5.97 Å². The zero-order chi connectivity index (χ0) is 29.5. The molecule has 2 saturated heterocycles. The molecule has 2 heterocycles. The molecule has 1 N–H and O–H groups in total. The number of aliphatic hydroxyl groups is 1. The molecule has 0 radical (unpaired) electrons. The average molecular weight is 592 g/mol. The molecule has 3 aromatic carbocycles. The number of piperazine rings is 1. The number of sulfone groups is 1. The van der Waals surface area contributed by atoms with E-state index in [4.69, 9.17) is 4.74 Å². The van der Waals surface area contributed by atoms with Gasteiger partial charge in [0.05, 0.1) is 22.3 Å². The van der Waals surface area contributed by atoms with Crippen LogP contribution in [0.5, 0.6) is 5.75 Å². The lowest BCUT2D eigenvalue weighted by Crippen LogP contribution is -2.46. The first-order valence-electron chi connectivity index (χ1n) is 14.7. The number of carbonyl (C=O) groups is 1. The number of benzene rings is 3. The van der Waals surface area contributed by atoms with E-state index in [-0.39, 0.29) is 16.6 Å². The van der Waals surface area contributed by atoms with Crippen molar-refractivity contribution in [2.75, 3.05) is 58.6 Å². The molecule has 0 aromatic heterocycles. The van der Waals surface area contributed by atoms with E-state index >= 15 is 0 Å². The van der Waals surface area contributed by atoms with E-state index < -0.39 is 21.9 Å². The van der Waals surface area contributed by atoms with Crippen molar-refractivity contribution in [1.29, 1.82) is 0 Å². The van der Waals surface area contributed by atoms with Crippen LogP contribution in [0.15, 0.2) is 83.8 Å². The Morgan fingerprint density at radius 1 is 0.881 bits per heavy atom. The lowest BCUT2D eigenvalue weighted by molar-refractivity contribution is 0.0245. The maximum Gasteiger partial charge on any atom is 0.343 e. The standard InChI is InChI=1S/C33H41N3O5S/c1-34-16-18-36(19-17-34)24-27-8-5-9-29(23-27)33(38)41-30-10-12-31(13-11-30)42(39,40)21-20-35-15-14-28(32(37)25-35)22-26-6-3-2-4-7-26/h2-13,23,28,32,37H,14-22,24-25H2,1H3/t28-,32-/m1/s1. The second-order valence-corrected chi connectivity index (χ2v) is 13.7. The summed E-state index contributed by atoms with van der Waals surface area (Å²) in [6, 6.07) is 23.7. The molecule has 224 valence electrons. The summed E-state index contributed by atoms with van der Waals surface area (Å²) >= 11 is 0. The number of β-amino-alcohol motifs (C(OH)–C–C–N with tert-alkyl or cyclic N) is 1.